The molecule has 0 saturated heterocycles. The molecule has 1 rings (SSSR count). The van der Waals surface area contributed by atoms with Gasteiger partial charge in [0.05, 0.1) is 0 Å². The molecule has 0 radical (unpaired) electrons. The molecule has 1 aliphatic carbocycles. The van der Waals surface area contributed by atoms with E-state index in [4.69, 9.17) is 5.73 Å². The maximum atomic E-state index is 6.29. The molecule has 2 nitrogen and oxygen atoms in total. The lowest BCUT2D eigenvalue weighted by Crippen LogP contribution is -2.48. The van der Waals surface area contributed by atoms with Crippen LogP contribution in [0.3, 0.4) is 0 Å². The predicted molar refractivity (Wildman–Crippen MR) is 67.0 cm³/mol. The van der Waals surface area contributed by atoms with Crippen LogP contribution < -0.4 is 5.73 Å². The lowest BCUT2D eigenvalue weighted by atomic mass is 9.99. The van der Waals surface area contributed by atoms with E-state index in [-0.39, 0.29) is 0 Å². The van der Waals surface area contributed by atoms with E-state index in [1.54, 1.807) is 0 Å². The number of nitrogens with two attached hydrogens (primary N) is 1. The van der Waals surface area contributed by atoms with Crippen molar-refractivity contribution >= 4 is 0 Å². The molecule has 1 fully saturated rings. The third-order valence-electron chi connectivity index (χ3n) is 3.46. The van der Waals surface area contributed by atoms with Crippen molar-refractivity contribution < 1.29 is 0 Å². The van der Waals surface area contributed by atoms with E-state index >= 15 is 0 Å². The van der Waals surface area contributed by atoms with Gasteiger partial charge in [0.1, 0.15) is 0 Å². The summed E-state index contributed by atoms with van der Waals surface area (Å²) in [6.45, 7) is 8.02. The summed E-state index contributed by atoms with van der Waals surface area (Å²) < 4.78 is 0. The summed E-state index contributed by atoms with van der Waals surface area (Å²) in [5.74, 6) is 0. The zero-order chi connectivity index (χ0) is 11.3. The largest absolute Gasteiger partial charge is 0.326 e. The Bertz CT molecular complexity index is 166. The summed E-state index contributed by atoms with van der Waals surface area (Å²) in [6.07, 6.45) is 7.64. The van der Waals surface area contributed by atoms with Gasteiger partial charge in [-0.15, -0.1) is 0 Å². The first-order chi connectivity index (χ1) is 7.24. The van der Waals surface area contributed by atoms with Gasteiger partial charge in [-0.25, -0.2) is 0 Å². The van der Waals surface area contributed by atoms with Crippen LogP contribution in [0.4, 0.5) is 0 Å². The number of rotatable bonds is 8. The predicted octanol–water partition coefficient (Wildman–Crippen LogP) is 2.77. The second-order valence-electron chi connectivity index (χ2n) is 4.90. The first-order valence-corrected chi connectivity index (χ1v) is 6.75. The summed E-state index contributed by atoms with van der Waals surface area (Å²) in [4.78, 5) is 2.68. The minimum Gasteiger partial charge on any atom is -0.326 e. The maximum Gasteiger partial charge on any atom is 0.0247 e. The minimum atomic E-state index is 0.382. The van der Waals surface area contributed by atoms with E-state index in [0.29, 0.717) is 12.1 Å². The fraction of sp³-hybridized carbons (Fsp3) is 1.00. The van der Waals surface area contributed by atoms with Gasteiger partial charge in [0.25, 0.3) is 0 Å². The third-order valence-corrected chi connectivity index (χ3v) is 3.46. The van der Waals surface area contributed by atoms with E-state index in [2.05, 4.69) is 25.7 Å². The van der Waals surface area contributed by atoms with Crippen LogP contribution in [0, 0.1) is 0 Å². The van der Waals surface area contributed by atoms with E-state index in [1.807, 2.05) is 0 Å². The quantitative estimate of drug-likeness (QED) is 0.670. The molecule has 0 spiro atoms. The molecule has 2 N–H and O–H groups in total. The molecule has 0 amide bonds. The van der Waals surface area contributed by atoms with Crippen molar-refractivity contribution in [3.8, 4) is 0 Å². The second kappa shape index (κ2) is 6.49. The van der Waals surface area contributed by atoms with E-state index < -0.39 is 0 Å². The van der Waals surface area contributed by atoms with Crippen LogP contribution in [-0.2, 0) is 0 Å². The van der Waals surface area contributed by atoms with Gasteiger partial charge >= 0.3 is 0 Å². The standard InChI is InChI=1S/C13H28N2/c1-4-7-12(14)13(6-3)15(10-5-2)11-8-9-11/h11-13H,4-10,14H2,1-3H3. The van der Waals surface area contributed by atoms with Crippen LogP contribution in [0.25, 0.3) is 0 Å². The molecule has 1 saturated carbocycles. The molecule has 2 atom stereocenters. The highest BCUT2D eigenvalue weighted by atomic mass is 15.2. The van der Waals surface area contributed by atoms with E-state index in [1.165, 1.54) is 45.1 Å². The third kappa shape index (κ3) is 3.76. The number of hydrogen-bond donors (Lipinski definition) is 1. The SMILES string of the molecule is CCCC(N)C(CC)N(CCC)C1CC1. The Hall–Kier alpha value is -0.0800. The molecule has 0 aliphatic heterocycles. The van der Waals surface area contributed by atoms with Gasteiger partial charge in [-0.3, -0.25) is 4.90 Å². The van der Waals surface area contributed by atoms with Crippen molar-refractivity contribution in [2.45, 2.75) is 77.4 Å². The highest BCUT2D eigenvalue weighted by Gasteiger charge is 2.34. The summed E-state index contributed by atoms with van der Waals surface area (Å²) in [5.41, 5.74) is 6.29. The molecular formula is C13H28N2. The first-order valence-electron chi connectivity index (χ1n) is 6.75. The highest BCUT2D eigenvalue weighted by molar-refractivity contribution is 4.91. The van der Waals surface area contributed by atoms with Gasteiger partial charge < -0.3 is 5.73 Å². The Morgan fingerprint density at radius 3 is 2.27 bits per heavy atom. The zero-order valence-corrected chi connectivity index (χ0v) is 10.7. The summed E-state index contributed by atoms with van der Waals surface area (Å²) in [7, 11) is 0. The molecular weight excluding hydrogens is 184 g/mol. The van der Waals surface area contributed by atoms with Gasteiger partial charge in [-0.1, -0.05) is 27.2 Å². The second-order valence-corrected chi connectivity index (χ2v) is 4.90. The number of hydrogen-bond acceptors (Lipinski definition) is 2. The number of nitrogens with zero attached hydrogens (tertiary/aromatic N) is 1. The topological polar surface area (TPSA) is 29.3 Å². The van der Waals surface area contributed by atoms with Gasteiger partial charge in [-0.2, -0.15) is 0 Å². The van der Waals surface area contributed by atoms with Crippen molar-refractivity contribution in [1.82, 2.24) is 4.90 Å². The van der Waals surface area contributed by atoms with Crippen molar-refractivity contribution in [3.63, 3.8) is 0 Å². The smallest absolute Gasteiger partial charge is 0.0247 e. The van der Waals surface area contributed by atoms with Gasteiger partial charge in [0.15, 0.2) is 0 Å². The Labute approximate surface area is 95.2 Å². The maximum absolute atomic E-state index is 6.29. The average Bonchev–Trinajstić information content (AvgIpc) is 3.01. The molecule has 0 bridgehead atoms. The molecule has 2 unspecified atom stereocenters. The molecule has 15 heavy (non-hydrogen) atoms. The highest BCUT2D eigenvalue weighted by Crippen LogP contribution is 2.30. The van der Waals surface area contributed by atoms with Crippen molar-refractivity contribution in [3.05, 3.63) is 0 Å². The van der Waals surface area contributed by atoms with Gasteiger partial charge in [0.2, 0.25) is 0 Å². The Kier molecular flexibility index (Phi) is 5.62. The summed E-state index contributed by atoms with van der Waals surface area (Å²) in [6, 6.07) is 1.86. The van der Waals surface area contributed by atoms with Gasteiger partial charge in [-0.05, 0) is 38.6 Å². The normalized spacial score (nSPS) is 20.6. The molecule has 90 valence electrons. The molecule has 0 heterocycles. The van der Waals surface area contributed by atoms with E-state index in [9.17, 15) is 0 Å². The monoisotopic (exact) mass is 212 g/mol. The molecule has 1 aliphatic rings. The van der Waals surface area contributed by atoms with Crippen LogP contribution in [-0.4, -0.2) is 29.6 Å². The zero-order valence-electron chi connectivity index (χ0n) is 10.7. The van der Waals surface area contributed by atoms with Crippen molar-refractivity contribution in [2.75, 3.05) is 6.54 Å². The fourth-order valence-electron chi connectivity index (χ4n) is 2.59. The summed E-state index contributed by atoms with van der Waals surface area (Å²) >= 11 is 0. The molecule has 0 aromatic rings. The van der Waals surface area contributed by atoms with Crippen molar-refractivity contribution in [2.24, 2.45) is 5.73 Å². The average molecular weight is 212 g/mol. The Morgan fingerprint density at radius 2 is 1.87 bits per heavy atom. The van der Waals surface area contributed by atoms with Crippen LogP contribution in [0.15, 0.2) is 0 Å². The molecule has 2 heteroatoms. The molecule has 0 aromatic heterocycles. The fourth-order valence-corrected chi connectivity index (χ4v) is 2.59. The Morgan fingerprint density at radius 1 is 1.20 bits per heavy atom. The first kappa shape index (κ1) is 13.0. The summed E-state index contributed by atoms with van der Waals surface area (Å²) in [5, 5.41) is 0. The lowest BCUT2D eigenvalue weighted by Gasteiger charge is -2.35. The minimum absolute atomic E-state index is 0.382. The van der Waals surface area contributed by atoms with Gasteiger partial charge in [0, 0.05) is 18.1 Å². The lowest BCUT2D eigenvalue weighted by molar-refractivity contribution is 0.152. The van der Waals surface area contributed by atoms with E-state index in [0.717, 1.165) is 6.04 Å². The van der Waals surface area contributed by atoms with Crippen LogP contribution >= 0.6 is 0 Å². The van der Waals surface area contributed by atoms with Crippen LogP contribution in [0.5, 0.6) is 0 Å². The van der Waals surface area contributed by atoms with Crippen LogP contribution in [0.1, 0.15) is 59.3 Å². The molecule has 0 aromatic carbocycles. The van der Waals surface area contributed by atoms with Crippen molar-refractivity contribution in [1.29, 1.82) is 0 Å². The Balaban J connectivity index is 2.51. The van der Waals surface area contributed by atoms with Crippen LogP contribution in [0.2, 0.25) is 0 Å².